The van der Waals surface area contributed by atoms with E-state index in [0.29, 0.717) is 0 Å². The number of alkyl halides is 1. The van der Waals surface area contributed by atoms with Crippen LogP contribution in [0, 0.1) is 0 Å². The zero-order chi connectivity index (χ0) is 10.5. The number of rotatable bonds is 4. The lowest BCUT2D eigenvalue weighted by molar-refractivity contribution is 0.331. The van der Waals surface area contributed by atoms with E-state index in [-0.39, 0.29) is 5.38 Å². The summed E-state index contributed by atoms with van der Waals surface area (Å²) in [5.74, 6) is 0. The molecule has 15 heavy (non-hydrogen) atoms. The van der Waals surface area contributed by atoms with Crippen molar-refractivity contribution in [1.29, 1.82) is 0 Å². The Morgan fingerprint density at radius 2 is 2.13 bits per heavy atom. The molecule has 1 aliphatic heterocycles. The van der Waals surface area contributed by atoms with Gasteiger partial charge in [-0.1, -0.05) is 6.07 Å². The fourth-order valence-corrected chi connectivity index (χ4v) is 2.24. The third-order valence-electron chi connectivity index (χ3n) is 2.91. The Hall–Kier alpha value is -0.600. The normalized spacial score (nSPS) is 19.3. The van der Waals surface area contributed by atoms with E-state index in [2.05, 4.69) is 9.88 Å². The molecule has 1 unspecified atom stereocenters. The van der Waals surface area contributed by atoms with Crippen LogP contribution in [0.5, 0.6) is 0 Å². The fraction of sp³-hybridized carbons (Fsp3) is 0.583. The Balaban J connectivity index is 1.79. The summed E-state index contributed by atoms with van der Waals surface area (Å²) in [6.45, 7) is 3.59. The predicted molar refractivity (Wildman–Crippen MR) is 63.1 cm³/mol. The summed E-state index contributed by atoms with van der Waals surface area (Å²) in [4.78, 5) is 6.76. The first kappa shape index (κ1) is 10.9. The zero-order valence-electron chi connectivity index (χ0n) is 8.90. The maximum absolute atomic E-state index is 6.30. The molecule has 0 radical (unpaired) electrons. The number of hydrogen-bond donors (Lipinski definition) is 0. The fourth-order valence-electron chi connectivity index (χ4n) is 2.01. The molecule has 0 saturated carbocycles. The number of halogens is 1. The van der Waals surface area contributed by atoms with E-state index in [1.54, 1.807) is 6.20 Å². The van der Waals surface area contributed by atoms with Crippen molar-refractivity contribution in [3.8, 4) is 0 Å². The van der Waals surface area contributed by atoms with E-state index in [0.717, 1.165) is 18.7 Å². The maximum Gasteiger partial charge on any atom is 0.0769 e. The summed E-state index contributed by atoms with van der Waals surface area (Å²) in [6.07, 6.45) is 5.49. The Morgan fingerprint density at radius 1 is 1.33 bits per heavy atom. The third kappa shape index (κ3) is 3.18. The number of likely N-dealkylation sites (tertiary alicyclic amines) is 1. The van der Waals surface area contributed by atoms with Crippen molar-refractivity contribution in [3.05, 3.63) is 30.1 Å². The molecule has 1 aromatic rings. The maximum atomic E-state index is 6.30. The summed E-state index contributed by atoms with van der Waals surface area (Å²) in [7, 11) is 0. The van der Waals surface area contributed by atoms with Crippen molar-refractivity contribution in [2.45, 2.75) is 24.6 Å². The molecule has 0 spiro atoms. The molecule has 0 bridgehead atoms. The molecule has 0 N–H and O–H groups in total. The summed E-state index contributed by atoms with van der Waals surface area (Å²) >= 11 is 6.30. The third-order valence-corrected chi connectivity index (χ3v) is 3.35. The van der Waals surface area contributed by atoms with Crippen molar-refractivity contribution < 1.29 is 0 Å². The van der Waals surface area contributed by atoms with E-state index in [9.17, 15) is 0 Å². The molecule has 1 aliphatic rings. The second kappa shape index (κ2) is 5.47. The largest absolute Gasteiger partial charge is 0.303 e. The lowest BCUT2D eigenvalue weighted by Crippen LogP contribution is -2.21. The number of hydrogen-bond acceptors (Lipinski definition) is 2. The number of pyridine rings is 1. The minimum atomic E-state index is 0.0619. The van der Waals surface area contributed by atoms with E-state index in [1.165, 1.54) is 25.9 Å². The van der Waals surface area contributed by atoms with Gasteiger partial charge in [0.2, 0.25) is 0 Å². The molecule has 3 heteroatoms. The lowest BCUT2D eigenvalue weighted by atomic mass is 10.2. The van der Waals surface area contributed by atoms with Crippen LogP contribution in [-0.2, 0) is 0 Å². The van der Waals surface area contributed by atoms with Gasteiger partial charge in [0, 0.05) is 6.20 Å². The molecular formula is C12H17ClN2. The molecule has 1 fully saturated rings. The smallest absolute Gasteiger partial charge is 0.0769 e. The highest BCUT2D eigenvalue weighted by atomic mass is 35.5. The second-order valence-electron chi connectivity index (χ2n) is 4.06. The van der Waals surface area contributed by atoms with Crippen LogP contribution >= 0.6 is 11.6 Å². The molecular weight excluding hydrogens is 208 g/mol. The van der Waals surface area contributed by atoms with Gasteiger partial charge in [0.05, 0.1) is 11.1 Å². The molecule has 0 aliphatic carbocycles. The molecule has 1 atom stereocenters. The molecule has 2 heterocycles. The van der Waals surface area contributed by atoms with Gasteiger partial charge in [0.25, 0.3) is 0 Å². The van der Waals surface area contributed by atoms with Gasteiger partial charge in [-0.05, 0) is 51.0 Å². The Kier molecular flexibility index (Phi) is 3.98. The molecule has 2 rings (SSSR count). The number of nitrogens with zero attached hydrogens (tertiary/aromatic N) is 2. The van der Waals surface area contributed by atoms with Crippen molar-refractivity contribution in [2.75, 3.05) is 19.6 Å². The SMILES string of the molecule is ClC(CCN1CCCC1)c1ccccn1. The predicted octanol–water partition coefficient (Wildman–Crippen LogP) is 2.85. The van der Waals surface area contributed by atoms with Crippen LogP contribution in [0.15, 0.2) is 24.4 Å². The minimum absolute atomic E-state index is 0.0619. The summed E-state index contributed by atoms with van der Waals surface area (Å²) < 4.78 is 0. The zero-order valence-corrected chi connectivity index (χ0v) is 9.66. The lowest BCUT2D eigenvalue weighted by Gasteiger charge is -2.16. The van der Waals surface area contributed by atoms with Crippen molar-refractivity contribution in [1.82, 2.24) is 9.88 Å². The van der Waals surface area contributed by atoms with Crippen molar-refractivity contribution in [2.24, 2.45) is 0 Å². The van der Waals surface area contributed by atoms with Gasteiger partial charge >= 0.3 is 0 Å². The van der Waals surface area contributed by atoms with Crippen LogP contribution in [0.3, 0.4) is 0 Å². The topological polar surface area (TPSA) is 16.1 Å². The Bertz CT molecular complexity index is 283. The molecule has 0 aromatic carbocycles. The standard InChI is InChI=1S/C12H17ClN2/c13-11(12-5-1-2-7-14-12)6-10-15-8-3-4-9-15/h1-2,5,7,11H,3-4,6,8-10H2. The monoisotopic (exact) mass is 224 g/mol. The van der Waals surface area contributed by atoms with Crippen LogP contribution in [-0.4, -0.2) is 29.5 Å². The average Bonchev–Trinajstić information content (AvgIpc) is 2.80. The molecule has 1 saturated heterocycles. The highest BCUT2D eigenvalue weighted by Crippen LogP contribution is 2.22. The van der Waals surface area contributed by atoms with Crippen LogP contribution in [0.2, 0.25) is 0 Å². The Labute approximate surface area is 96.3 Å². The van der Waals surface area contributed by atoms with Crippen molar-refractivity contribution in [3.63, 3.8) is 0 Å². The first-order valence-corrected chi connectivity index (χ1v) is 6.07. The van der Waals surface area contributed by atoms with Gasteiger partial charge in [0.1, 0.15) is 0 Å². The van der Waals surface area contributed by atoms with E-state index < -0.39 is 0 Å². The van der Waals surface area contributed by atoms with Crippen LogP contribution < -0.4 is 0 Å². The van der Waals surface area contributed by atoms with E-state index >= 15 is 0 Å². The van der Waals surface area contributed by atoms with Gasteiger partial charge in [0.15, 0.2) is 0 Å². The molecule has 82 valence electrons. The summed E-state index contributed by atoms with van der Waals surface area (Å²) in [5.41, 5.74) is 0.998. The van der Waals surface area contributed by atoms with E-state index in [4.69, 9.17) is 11.6 Å². The summed E-state index contributed by atoms with van der Waals surface area (Å²) in [6, 6.07) is 5.92. The first-order chi connectivity index (χ1) is 7.36. The highest BCUT2D eigenvalue weighted by Gasteiger charge is 2.14. The van der Waals surface area contributed by atoms with Crippen LogP contribution in [0.4, 0.5) is 0 Å². The average molecular weight is 225 g/mol. The van der Waals surface area contributed by atoms with Crippen molar-refractivity contribution >= 4 is 11.6 Å². The van der Waals surface area contributed by atoms with Crippen LogP contribution in [0.25, 0.3) is 0 Å². The first-order valence-electron chi connectivity index (χ1n) is 5.63. The molecule has 1 aromatic heterocycles. The highest BCUT2D eigenvalue weighted by molar-refractivity contribution is 6.20. The molecule has 2 nitrogen and oxygen atoms in total. The van der Waals surface area contributed by atoms with Gasteiger partial charge in [-0.3, -0.25) is 4.98 Å². The quantitative estimate of drug-likeness (QED) is 0.732. The van der Waals surface area contributed by atoms with Gasteiger partial charge in [-0.15, -0.1) is 11.6 Å². The Morgan fingerprint density at radius 3 is 2.80 bits per heavy atom. The second-order valence-corrected chi connectivity index (χ2v) is 4.59. The summed E-state index contributed by atoms with van der Waals surface area (Å²) in [5, 5.41) is 0.0619. The number of aromatic nitrogens is 1. The minimum Gasteiger partial charge on any atom is -0.303 e. The van der Waals surface area contributed by atoms with E-state index in [1.807, 2.05) is 18.2 Å². The van der Waals surface area contributed by atoms with Gasteiger partial charge in [-0.2, -0.15) is 0 Å². The molecule has 0 amide bonds. The van der Waals surface area contributed by atoms with Crippen LogP contribution in [0.1, 0.15) is 30.3 Å². The van der Waals surface area contributed by atoms with Gasteiger partial charge in [-0.25, -0.2) is 0 Å². The van der Waals surface area contributed by atoms with Gasteiger partial charge < -0.3 is 4.90 Å².